The maximum atomic E-state index is 11.8. The van der Waals surface area contributed by atoms with Crippen LogP contribution in [0.1, 0.15) is 0 Å². The van der Waals surface area contributed by atoms with Crippen molar-refractivity contribution in [2.24, 2.45) is 0 Å². The fraction of sp³-hybridized carbons (Fsp3) is 0.167. The number of hydrogen-bond acceptors (Lipinski definition) is 5. The van der Waals surface area contributed by atoms with Gasteiger partial charge in [0.25, 0.3) is 5.91 Å². The van der Waals surface area contributed by atoms with Gasteiger partial charge in [0.1, 0.15) is 19.5 Å². The molecule has 2 heterocycles. The van der Waals surface area contributed by atoms with Crippen molar-refractivity contribution >= 4 is 33.1 Å². The third kappa shape index (κ3) is 2.14. The summed E-state index contributed by atoms with van der Waals surface area (Å²) >= 11 is 1.56. The Kier molecular flexibility index (Phi) is 2.85. The molecule has 0 bridgehead atoms. The Morgan fingerprint density at radius 2 is 2.33 bits per heavy atom. The van der Waals surface area contributed by atoms with Crippen molar-refractivity contribution in [3.63, 3.8) is 0 Å². The number of nitrogens with one attached hydrogen (secondary N) is 1. The molecule has 5 nitrogen and oxygen atoms in total. The third-order valence-electron chi connectivity index (χ3n) is 2.46. The molecule has 18 heavy (non-hydrogen) atoms. The maximum Gasteiger partial charge on any atom is 0.294 e. The highest BCUT2D eigenvalue weighted by atomic mass is 32.1. The summed E-state index contributed by atoms with van der Waals surface area (Å²) < 4.78 is 11.3. The van der Waals surface area contributed by atoms with Crippen molar-refractivity contribution < 1.29 is 14.3 Å². The van der Waals surface area contributed by atoms with Gasteiger partial charge in [-0.3, -0.25) is 4.79 Å². The van der Waals surface area contributed by atoms with Gasteiger partial charge in [-0.25, -0.2) is 4.98 Å². The van der Waals surface area contributed by atoms with Crippen LogP contribution < -0.4 is 5.32 Å². The Morgan fingerprint density at radius 1 is 1.39 bits per heavy atom. The lowest BCUT2D eigenvalue weighted by molar-refractivity contribution is -0.117. The van der Waals surface area contributed by atoms with E-state index in [1.54, 1.807) is 16.8 Å². The lowest BCUT2D eigenvalue weighted by atomic mass is 10.3. The van der Waals surface area contributed by atoms with E-state index in [9.17, 15) is 4.79 Å². The van der Waals surface area contributed by atoms with Gasteiger partial charge in [-0.15, -0.1) is 11.3 Å². The Hall–Kier alpha value is -2.08. The zero-order valence-electron chi connectivity index (χ0n) is 9.38. The number of benzene rings is 1. The first-order valence-corrected chi connectivity index (χ1v) is 6.30. The first-order chi connectivity index (χ1) is 8.83. The van der Waals surface area contributed by atoms with Gasteiger partial charge in [0.2, 0.25) is 5.76 Å². The molecular formula is C12H10N2O3S. The number of hydrogen-bond donors (Lipinski definition) is 1. The number of amides is 1. The molecule has 0 saturated carbocycles. The predicted molar refractivity (Wildman–Crippen MR) is 68.2 cm³/mol. The molecule has 0 radical (unpaired) electrons. The smallest absolute Gasteiger partial charge is 0.294 e. The summed E-state index contributed by atoms with van der Waals surface area (Å²) in [6.07, 6.45) is 1.33. The van der Waals surface area contributed by atoms with Crippen LogP contribution in [-0.4, -0.2) is 24.1 Å². The average Bonchev–Trinajstić information content (AvgIpc) is 2.87. The zero-order chi connectivity index (χ0) is 12.4. The molecule has 1 N–H and O–H groups in total. The Balaban J connectivity index is 1.78. The maximum absolute atomic E-state index is 11.8. The summed E-state index contributed by atoms with van der Waals surface area (Å²) in [5.41, 5.74) is 3.33. The second kappa shape index (κ2) is 4.66. The number of nitrogens with zero attached hydrogens (tertiary/aromatic N) is 1. The highest BCUT2D eigenvalue weighted by Gasteiger charge is 2.15. The van der Waals surface area contributed by atoms with Crippen molar-refractivity contribution in [2.75, 3.05) is 18.5 Å². The zero-order valence-corrected chi connectivity index (χ0v) is 10.2. The summed E-state index contributed by atoms with van der Waals surface area (Å²) in [6.45, 7) is 0.867. The fourth-order valence-corrected chi connectivity index (χ4v) is 2.27. The van der Waals surface area contributed by atoms with Crippen LogP contribution in [0.5, 0.6) is 0 Å². The molecule has 1 aliphatic rings. The molecule has 2 aromatic rings. The Labute approximate surface area is 107 Å². The highest BCUT2D eigenvalue weighted by molar-refractivity contribution is 7.16. The molecule has 1 aromatic heterocycles. The van der Waals surface area contributed by atoms with Gasteiger partial charge in [0.15, 0.2) is 0 Å². The molecule has 1 amide bonds. The Morgan fingerprint density at radius 3 is 3.17 bits per heavy atom. The van der Waals surface area contributed by atoms with E-state index in [4.69, 9.17) is 9.47 Å². The summed E-state index contributed by atoms with van der Waals surface area (Å²) in [7, 11) is 0. The lowest BCUT2D eigenvalue weighted by Gasteiger charge is -2.14. The topological polar surface area (TPSA) is 60.5 Å². The molecular weight excluding hydrogens is 252 g/mol. The molecule has 92 valence electrons. The van der Waals surface area contributed by atoms with Crippen LogP contribution in [0, 0.1) is 0 Å². The van der Waals surface area contributed by atoms with E-state index in [1.807, 2.05) is 18.2 Å². The number of carbonyl (C=O) groups excluding carboxylic acids is 1. The predicted octanol–water partition coefficient (Wildman–Crippen LogP) is 2.12. The second-order valence-electron chi connectivity index (χ2n) is 3.69. The van der Waals surface area contributed by atoms with E-state index in [1.165, 1.54) is 6.26 Å². The van der Waals surface area contributed by atoms with Crippen molar-refractivity contribution in [1.29, 1.82) is 0 Å². The largest absolute Gasteiger partial charge is 0.494 e. The third-order valence-corrected chi connectivity index (χ3v) is 3.27. The van der Waals surface area contributed by atoms with E-state index in [2.05, 4.69) is 10.3 Å². The van der Waals surface area contributed by atoms with E-state index in [0.29, 0.717) is 18.9 Å². The molecule has 0 aliphatic carbocycles. The minimum absolute atomic E-state index is 0.194. The van der Waals surface area contributed by atoms with E-state index >= 15 is 0 Å². The molecule has 0 unspecified atom stereocenters. The van der Waals surface area contributed by atoms with Crippen molar-refractivity contribution in [2.45, 2.75) is 0 Å². The van der Waals surface area contributed by atoms with Gasteiger partial charge in [0, 0.05) is 5.69 Å². The summed E-state index contributed by atoms with van der Waals surface area (Å²) in [4.78, 5) is 16.0. The standard InChI is InChI=1S/C12H10N2O3S/c15-12(10-6-16-3-4-17-10)14-8-1-2-11-9(5-8)13-7-18-11/h1-2,5-7H,3-4H2,(H,14,15). The fourth-order valence-electron chi connectivity index (χ4n) is 1.62. The van der Waals surface area contributed by atoms with E-state index in [-0.39, 0.29) is 11.7 Å². The SMILES string of the molecule is O=C(Nc1ccc2scnc2c1)C1=COCCO1. The number of rotatable bonds is 2. The van der Waals surface area contributed by atoms with Gasteiger partial charge in [-0.05, 0) is 18.2 Å². The Bertz CT molecular complexity index is 621. The van der Waals surface area contributed by atoms with Crippen LogP contribution in [0.3, 0.4) is 0 Å². The molecule has 0 fully saturated rings. The van der Waals surface area contributed by atoms with Gasteiger partial charge >= 0.3 is 0 Å². The van der Waals surface area contributed by atoms with Crippen LogP contribution in [-0.2, 0) is 14.3 Å². The van der Waals surface area contributed by atoms with Crippen LogP contribution in [0.25, 0.3) is 10.2 Å². The van der Waals surface area contributed by atoms with Crippen LogP contribution >= 0.6 is 11.3 Å². The minimum Gasteiger partial charge on any atom is -0.494 e. The normalized spacial score (nSPS) is 14.6. The summed E-state index contributed by atoms with van der Waals surface area (Å²) in [5.74, 6) is -0.121. The number of anilines is 1. The molecule has 1 aliphatic heterocycles. The minimum atomic E-state index is -0.315. The molecule has 1 aromatic carbocycles. The van der Waals surface area contributed by atoms with Gasteiger partial charge in [0.05, 0.1) is 15.7 Å². The van der Waals surface area contributed by atoms with E-state index < -0.39 is 0 Å². The molecule has 3 rings (SSSR count). The van der Waals surface area contributed by atoms with Crippen molar-refractivity contribution in [1.82, 2.24) is 4.98 Å². The summed E-state index contributed by atoms with van der Waals surface area (Å²) in [6, 6.07) is 5.59. The number of ether oxygens (including phenoxy) is 2. The van der Waals surface area contributed by atoms with Gasteiger partial charge in [-0.1, -0.05) is 0 Å². The van der Waals surface area contributed by atoms with Crippen LogP contribution in [0.4, 0.5) is 5.69 Å². The molecule has 0 saturated heterocycles. The lowest BCUT2D eigenvalue weighted by Crippen LogP contribution is -2.21. The quantitative estimate of drug-likeness (QED) is 0.900. The first kappa shape index (κ1) is 11.0. The number of thiazole rings is 1. The number of carbonyl (C=O) groups is 1. The molecule has 6 heteroatoms. The van der Waals surface area contributed by atoms with Crippen molar-refractivity contribution in [3.05, 3.63) is 35.7 Å². The number of aromatic nitrogens is 1. The second-order valence-corrected chi connectivity index (χ2v) is 4.58. The summed E-state index contributed by atoms with van der Waals surface area (Å²) in [5, 5.41) is 2.75. The first-order valence-electron chi connectivity index (χ1n) is 5.42. The van der Waals surface area contributed by atoms with Gasteiger partial charge in [-0.2, -0.15) is 0 Å². The average molecular weight is 262 g/mol. The molecule has 0 spiro atoms. The highest BCUT2D eigenvalue weighted by Crippen LogP contribution is 2.21. The van der Waals surface area contributed by atoms with E-state index in [0.717, 1.165) is 10.2 Å². The van der Waals surface area contributed by atoms with Crippen molar-refractivity contribution in [3.8, 4) is 0 Å². The monoisotopic (exact) mass is 262 g/mol. The van der Waals surface area contributed by atoms with Crippen LogP contribution in [0.15, 0.2) is 35.7 Å². The van der Waals surface area contributed by atoms with Gasteiger partial charge < -0.3 is 14.8 Å². The van der Waals surface area contributed by atoms with Crippen LogP contribution in [0.2, 0.25) is 0 Å². The number of fused-ring (bicyclic) bond motifs is 1. The molecule has 0 atom stereocenters.